The second-order valence-corrected chi connectivity index (χ2v) is 17.4. The van der Waals surface area contributed by atoms with E-state index in [1.54, 1.807) is 0 Å². The van der Waals surface area contributed by atoms with Crippen LogP contribution < -0.4 is 0 Å². The summed E-state index contributed by atoms with van der Waals surface area (Å²) < 4.78 is 9.47. The zero-order valence-corrected chi connectivity index (χ0v) is 36.8. The molecule has 0 N–H and O–H groups in total. The van der Waals surface area contributed by atoms with Crippen molar-refractivity contribution in [2.45, 2.75) is 0 Å². The van der Waals surface area contributed by atoms with E-state index >= 15 is 0 Å². The molecule has 10 aromatic carbocycles. The zero-order chi connectivity index (χ0) is 44.7. The van der Waals surface area contributed by atoms with Crippen molar-refractivity contribution in [3.05, 3.63) is 243 Å². The first kappa shape index (κ1) is 38.1. The quantitative estimate of drug-likeness (QED) is 0.160. The molecule has 68 heavy (non-hydrogen) atoms. The molecule has 0 saturated heterocycles. The van der Waals surface area contributed by atoms with Gasteiger partial charge in [0.05, 0.1) is 33.1 Å². The van der Waals surface area contributed by atoms with Gasteiger partial charge in [-0.15, -0.1) is 10.2 Å². The number of fused-ring (bicyclic) bond motifs is 10. The molecule has 0 spiro atoms. The van der Waals surface area contributed by atoms with Crippen LogP contribution in [-0.4, -0.2) is 28.5 Å². The van der Waals surface area contributed by atoms with Gasteiger partial charge in [0, 0.05) is 66.2 Å². The number of benzene rings is 10. The highest BCUT2D eigenvalue weighted by molar-refractivity contribution is 6.26. The molecule has 0 bridgehead atoms. The van der Waals surface area contributed by atoms with E-state index in [1.165, 1.54) is 43.6 Å². The van der Waals surface area contributed by atoms with Crippen LogP contribution in [0.2, 0.25) is 0 Å². The van der Waals surface area contributed by atoms with Crippen LogP contribution in [0, 0.1) is 0 Å². The summed E-state index contributed by atoms with van der Waals surface area (Å²) in [5, 5.41) is 17.0. The van der Waals surface area contributed by atoms with Crippen LogP contribution in [0.25, 0.3) is 122 Å². The Morgan fingerprint density at radius 2 is 0.691 bits per heavy atom. The lowest BCUT2D eigenvalue weighted by Gasteiger charge is -2.13. The Morgan fingerprint density at radius 1 is 0.250 bits per heavy atom. The predicted molar refractivity (Wildman–Crippen MR) is 281 cm³/mol. The lowest BCUT2D eigenvalue weighted by atomic mass is 10.0. The van der Waals surface area contributed by atoms with Crippen molar-refractivity contribution in [2.24, 2.45) is 0 Å². The van der Waals surface area contributed by atoms with E-state index in [2.05, 4.69) is 237 Å². The number of aromatic nitrogens is 6. The third-order valence-corrected chi connectivity index (χ3v) is 13.7. The first-order chi connectivity index (χ1) is 33.8. The van der Waals surface area contributed by atoms with Crippen LogP contribution in [0.5, 0.6) is 0 Å². The number of hydrogen-bond acceptors (Lipinski definition) is 2. The normalized spacial score (nSPS) is 11.8. The molecule has 0 aliphatic rings. The summed E-state index contributed by atoms with van der Waals surface area (Å²) in [6.45, 7) is 0. The topological polar surface area (TPSA) is 45.5 Å². The van der Waals surface area contributed by atoms with Gasteiger partial charge in [0.1, 0.15) is 0 Å². The molecule has 0 amide bonds. The maximum atomic E-state index is 4.94. The van der Waals surface area contributed by atoms with Crippen molar-refractivity contribution >= 4 is 65.4 Å². The average molecular weight is 869 g/mol. The Morgan fingerprint density at radius 3 is 1.32 bits per heavy atom. The number of nitrogens with zero attached hydrogens (tertiary/aromatic N) is 6. The fourth-order valence-corrected chi connectivity index (χ4v) is 10.8. The smallest absolute Gasteiger partial charge is 0.169 e. The van der Waals surface area contributed by atoms with Gasteiger partial charge in [-0.1, -0.05) is 164 Å². The minimum absolute atomic E-state index is 0.793. The maximum absolute atomic E-state index is 4.94. The summed E-state index contributed by atoms with van der Waals surface area (Å²) in [4.78, 5) is 0. The van der Waals surface area contributed by atoms with E-state index in [1.807, 2.05) is 24.3 Å². The molecule has 14 rings (SSSR count). The number of hydrogen-bond donors (Lipinski definition) is 0. The molecule has 4 heterocycles. The van der Waals surface area contributed by atoms with Gasteiger partial charge in [0.25, 0.3) is 0 Å². The van der Waals surface area contributed by atoms with Crippen molar-refractivity contribution in [1.82, 2.24) is 28.5 Å². The molecule has 0 aliphatic carbocycles. The van der Waals surface area contributed by atoms with Crippen molar-refractivity contribution in [1.29, 1.82) is 0 Å². The zero-order valence-electron chi connectivity index (χ0n) is 36.8. The minimum Gasteiger partial charge on any atom is -0.309 e. The van der Waals surface area contributed by atoms with Gasteiger partial charge in [-0.3, -0.25) is 4.57 Å². The molecule has 318 valence electrons. The summed E-state index contributed by atoms with van der Waals surface area (Å²) >= 11 is 0. The summed E-state index contributed by atoms with van der Waals surface area (Å²) in [6, 6.07) is 86.9. The van der Waals surface area contributed by atoms with Crippen molar-refractivity contribution in [2.75, 3.05) is 0 Å². The molecule has 0 atom stereocenters. The Bertz CT molecular complexity index is 4250. The SMILES string of the molecule is c1ccc(-c2nnc(-c3cccc4c3c3ccccc3n4-c3cccc(-c4cccc(-n5c6ccccc6c6c5ccc5c7ccccc7n(-c7ccccc7)c56)c4)c3)n2-c2ccccc2)cc1. The van der Waals surface area contributed by atoms with E-state index in [0.29, 0.717) is 0 Å². The average Bonchev–Trinajstić information content (AvgIpc) is 4.18. The molecule has 0 aliphatic heterocycles. The number of rotatable bonds is 7. The third-order valence-electron chi connectivity index (χ3n) is 13.7. The minimum atomic E-state index is 0.793. The Balaban J connectivity index is 0.936. The van der Waals surface area contributed by atoms with E-state index in [9.17, 15) is 0 Å². The molecule has 4 aromatic heterocycles. The van der Waals surface area contributed by atoms with E-state index in [-0.39, 0.29) is 0 Å². The summed E-state index contributed by atoms with van der Waals surface area (Å²) in [5.74, 6) is 1.59. The largest absolute Gasteiger partial charge is 0.309 e. The standard InChI is InChI=1S/C62H40N6/c1-4-19-41(20-5-1)61-63-64-62(68(61)45-25-8-3-9-26-45)52-32-18-36-56-58(52)50-30-11-14-34-54(50)65(56)46-27-16-21-42(39-46)43-22-17-28-47(40-43)66-55-35-15-12-31-51(55)59-57(66)38-37-49-48-29-10-13-33-53(48)67(60(49)59)44-23-6-2-7-24-44/h1-40H. The van der Waals surface area contributed by atoms with Crippen LogP contribution in [0.15, 0.2) is 243 Å². The second-order valence-electron chi connectivity index (χ2n) is 17.4. The molecule has 14 aromatic rings. The predicted octanol–water partition coefficient (Wildman–Crippen LogP) is 15.6. The van der Waals surface area contributed by atoms with Crippen LogP contribution in [0.3, 0.4) is 0 Å². The van der Waals surface area contributed by atoms with Gasteiger partial charge in [0.2, 0.25) is 0 Å². The van der Waals surface area contributed by atoms with Crippen LogP contribution in [0.4, 0.5) is 0 Å². The Kier molecular flexibility index (Phi) is 8.48. The van der Waals surface area contributed by atoms with Crippen molar-refractivity contribution in [3.63, 3.8) is 0 Å². The Hall–Kier alpha value is -9.26. The highest BCUT2D eigenvalue weighted by Crippen LogP contribution is 2.44. The highest BCUT2D eigenvalue weighted by atomic mass is 15.3. The molecule has 0 saturated carbocycles. The first-order valence-electron chi connectivity index (χ1n) is 23.1. The monoisotopic (exact) mass is 868 g/mol. The molecule has 0 radical (unpaired) electrons. The summed E-state index contributed by atoms with van der Waals surface area (Å²) in [5.41, 5.74) is 15.6. The molecule has 6 heteroatoms. The van der Waals surface area contributed by atoms with Gasteiger partial charge in [-0.2, -0.15) is 0 Å². The lowest BCUT2D eigenvalue weighted by Crippen LogP contribution is -2.00. The lowest BCUT2D eigenvalue weighted by molar-refractivity contribution is 1.07. The number of para-hydroxylation sites is 5. The molecular formula is C62H40N6. The summed E-state index contributed by atoms with van der Waals surface area (Å²) in [6.07, 6.45) is 0. The van der Waals surface area contributed by atoms with Crippen LogP contribution in [0.1, 0.15) is 0 Å². The molecule has 6 nitrogen and oxygen atoms in total. The fraction of sp³-hybridized carbons (Fsp3) is 0. The van der Waals surface area contributed by atoms with E-state index in [0.717, 1.165) is 78.5 Å². The Labute approximate surface area is 391 Å². The van der Waals surface area contributed by atoms with Crippen LogP contribution >= 0.6 is 0 Å². The summed E-state index contributed by atoms with van der Waals surface area (Å²) in [7, 11) is 0. The third kappa shape index (κ3) is 5.71. The molecule has 0 unspecified atom stereocenters. The fourth-order valence-electron chi connectivity index (χ4n) is 10.8. The van der Waals surface area contributed by atoms with Crippen LogP contribution in [-0.2, 0) is 0 Å². The maximum Gasteiger partial charge on any atom is 0.169 e. The van der Waals surface area contributed by atoms with Gasteiger partial charge in [0.15, 0.2) is 11.6 Å². The molecular weight excluding hydrogens is 829 g/mol. The van der Waals surface area contributed by atoms with Gasteiger partial charge < -0.3 is 13.7 Å². The van der Waals surface area contributed by atoms with Gasteiger partial charge >= 0.3 is 0 Å². The second kappa shape index (κ2) is 15.2. The molecule has 0 fully saturated rings. The van der Waals surface area contributed by atoms with Crippen molar-refractivity contribution in [3.8, 4) is 56.7 Å². The highest BCUT2D eigenvalue weighted by Gasteiger charge is 2.24. The first-order valence-corrected chi connectivity index (χ1v) is 23.1. The van der Waals surface area contributed by atoms with Gasteiger partial charge in [-0.25, -0.2) is 0 Å². The van der Waals surface area contributed by atoms with E-state index in [4.69, 9.17) is 10.2 Å². The van der Waals surface area contributed by atoms with E-state index < -0.39 is 0 Å². The van der Waals surface area contributed by atoms with Gasteiger partial charge in [-0.05, 0) is 90.0 Å². The van der Waals surface area contributed by atoms with Crippen molar-refractivity contribution < 1.29 is 0 Å².